The molecule has 0 fully saturated rings. The summed E-state index contributed by atoms with van der Waals surface area (Å²) in [5.74, 6) is 0.614. The molecule has 108 valence electrons. The Kier molecular flexibility index (Phi) is 5.03. The highest BCUT2D eigenvalue weighted by atomic mass is 32.1. The van der Waals surface area contributed by atoms with E-state index in [4.69, 9.17) is 4.74 Å². The summed E-state index contributed by atoms with van der Waals surface area (Å²) in [5, 5.41) is 0.831. The van der Waals surface area contributed by atoms with Crippen LogP contribution in [0.3, 0.4) is 0 Å². The number of rotatable bonds is 6. The Morgan fingerprint density at radius 3 is 2.90 bits per heavy atom. The van der Waals surface area contributed by atoms with Crippen molar-refractivity contribution in [3.8, 4) is 0 Å². The average Bonchev–Trinajstić information content (AvgIpc) is 2.89. The summed E-state index contributed by atoms with van der Waals surface area (Å²) in [6.07, 6.45) is 0.708. The van der Waals surface area contributed by atoms with Crippen LogP contribution in [0.2, 0.25) is 0 Å². The maximum absolute atomic E-state index is 13.5. The summed E-state index contributed by atoms with van der Waals surface area (Å²) in [6.45, 7) is 2.98. The molecule has 6 heteroatoms. The van der Waals surface area contributed by atoms with E-state index in [9.17, 15) is 4.39 Å². The molecule has 0 amide bonds. The number of nitrogens with zero attached hydrogens (tertiary/aromatic N) is 3. The highest BCUT2D eigenvalue weighted by molar-refractivity contribution is 7.09. The van der Waals surface area contributed by atoms with Crippen molar-refractivity contribution in [1.82, 2.24) is 9.36 Å². The van der Waals surface area contributed by atoms with Gasteiger partial charge in [-0.1, -0.05) is 12.1 Å². The van der Waals surface area contributed by atoms with E-state index < -0.39 is 0 Å². The number of hydrogen-bond donors (Lipinski definition) is 0. The van der Waals surface area contributed by atoms with E-state index in [2.05, 4.69) is 9.36 Å². The van der Waals surface area contributed by atoms with Gasteiger partial charge in [0, 0.05) is 38.7 Å². The van der Waals surface area contributed by atoms with Crippen LogP contribution in [0.5, 0.6) is 0 Å². The van der Waals surface area contributed by atoms with E-state index in [0.29, 0.717) is 25.1 Å². The predicted molar refractivity (Wildman–Crippen MR) is 78.7 cm³/mol. The minimum absolute atomic E-state index is 0.172. The van der Waals surface area contributed by atoms with Crippen LogP contribution in [0, 0.1) is 12.7 Å². The van der Waals surface area contributed by atoms with Gasteiger partial charge in [-0.25, -0.2) is 9.37 Å². The van der Waals surface area contributed by atoms with Crippen LogP contribution in [-0.2, 0) is 17.7 Å². The standard InChI is InChI=1S/C14H18FN3OS/c1-10-4-5-11(8-12(10)15)9-18(2)14-16-13(17-20-14)6-7-19-3/h4-5,8H,6-7,9H2,1-3H3. The summed E-state index contributed by atoms with van der Waals surface area (Å²) >= 11 is 1.35. The van der Waals surface area contributed by atoms with Gasteiger partial charge in [-0.15, -0.1) is 0 Å². The van der Waals surface area contributed by atoms with Crippen LogP contribution in [-0.4, -0.2) is 30.1 Å². The van der Waals surface area contributed by atoms with Crippen molar-refractivity contribution >= 4 is 16.7 Å². The number of methoxy groups -OCH3 is 1. The van der Waals surface area contributed by atoms with Crippen molar-refractivity contribution in [2.45, 2.75) is 19.9 Å². The van der Waals surface area contributed by atoms with E-state index >= 15 is 0 Å². The molecule has 0 saturated carbocycles. The molecule has 2 aromatic rings. The fourth-order valence-corrected chi connectivity index (χ4v) is 2.44. The van der Waals surface area contributed by atoms with Gasteiger partial charge in [0.05, 0.1) is 6.61 Å². The van der Waals surface area contributed by atoms with Gasteiger partial charge in [0.25, 0.3) is 0 Å². The molecule has 20 heavy (non-hydrogen) atoms. The first kappa shape index (κ1) is 14.9. The van der Waals surface area contributed by atoms with Crippen LogP contribution in [0.15, 0.2) is 18.2 Å². The van der Waals surface area contributed by atoms with E-state index in [-0.39, 0.29) is 5.82 Å². The molecular weight excluding hydrogens is 277 g/mol. The molecule has 0 aliphatic heterocycles. The second-order valence-corrected chi connectivity index (χ2v) is 5.41. The molecule has 4 nitrogen and oxygen atoms in total. The van der Waals surface area contributed by atoms with E-state index in [0.717, 1.165) is 16.5 Å². The Labute approximate surface area is 122 Å². The molecule has 0 atom stereocenters. The van der Waals surface area contributed by atoms with Gasteiger partial charge in [0.1, 0.15) is 11.6 Å². The van der Waals surface area contributed by atoms with Crippen molar-refractivity contribution in [2.24, 2.45) is 0 Å². The van der Waals surface area contributed by atoms with E-state index in [1.807, 2.05) is 18.0 Å². The molecule has 0 radical (unpaired) electrons. The fraction of sp³-hybridized carbons (Fsp3) is 0.429. The van der Waals surface area contributed by atoms with Gasteiger partial charge in [-0.05, 0) is 24.1 Å². The third-order valence-corrected chi connectivity index (χ3v) is 3.84. The van der Waals surface area contributed by atoms with Crippen molar-refractivity contribution in [1.29, 1.82) is 0 Å². The van der Waals surface area contributed by atoms with Crippen LogP contribution >= 0.6 is 11.5 Å². The Morgan fingerprint density at radius 2 is 2.20 bits per heavy atom. The van der Waals surface area contributed by atoms with Crippen LogP contribution in [0.4, 0.5) is 9.52 Å². The van der Waals surface area contributed by atoms with Gasteiger partial charge in [0.15, 0.2) is 0 Å². The molecule has 1 aromatic carbocycles. The molecule has 0 saturated heterocycles. The summed E-state index contributed by atoms with van der Waals surface area (Å²) in [6, 6.07) is 5.29. The monoisotopic (exact) mass is 295 g/mol. The lowest BCUT2D eigenvalue weighted by molar-refractivity contribution is 0.201. The van der Waals surface area contributed by atoms with Gasteiger partial charge in [-0.2, -0.15) is 4.37 Å². The summed E-state index contributed by atoms with van der Waals surface area (Å²) < 4.78 is 22.8. The van der Waals surface area contributed by atoms with Gasteiger partial charge >= 0.3 is 0 Å². The Morgan fingerprint density at radius 1 is 1.40 bits per heavy atom. The number of ether oxygens (including phenoxy) is 1. The predicted octanol–water partition coefficient (Wildman–Crippen LogP) is 2.81. The minimum atomic E-state index is -0.172. The Hall–Kier alpha value is -1.53. The third kappa shape index (κ3) is 3.74. The molecule has 0 aliphatic carbocycles. The first-order valence-electron chi connectivity index (χ1n) is 6.38. The largest absolute Gasteiger partial charge is 0.384 e. The third-order valence-electron chi connectivity index (χ3n) is 2.97. The summed E-state index contributed by atoms with van der Waals surface area (Å²) in [4.78, 5) is 6.41. The zero-order chi connectivity index (χ0) is 14.5. The molecule has 1 aromatic heterocycles. The number of halogens is 1. The van der Waals surface area contributed by atoms with Gasteiger partial charge < -0.3 is 9.64 Å². The topological polar surface area (TPSA) is 38.2 Å². The molecule has 0 bridgehead atoms. The SMILES string of the molecule is COCCc1nsc(N(C)Cc2ccc(C)c(F)c2)n1. The first-order valence-corrected chi connectivity index (χ1v) is 7.15. The number of anilines is 1. The molecule has 0 aliphatic rings. The average molecular weight is 295 g/mol. The van der Waals surface area contributed by atoms with Crippen molar-refractivity contribution < 1.29 is 9.13 Å². The number of aromatic nitrogens is 2. The minimum Gasteiger partial charge on any atom is -0.384 e. The molecule has 2 rings (SSSR count). The van der Waals surface area contributed by atoms with Crippen LogP contribution < -0.4 is 4.90 Å². The van der Waals surface area contributed by atoms with Crippen LogP contribution in [0.1, 0.15) is 17.0 Å². The maximum Gasteiger partial charge on any atom is 0.205 e. The molecule has 0 spiro atoms. The first-order chi connectivity index (χ1) is 9.60. The lowest BCUT2D eigenvalue weighted by Gasteiger charge is -2.15. The normalized spacial score (nSPS) is 10.8. The van der Waals surface area contributed by atoms with Gasteiger partial charge in [0.2, 0.25) is 5.13 Å². The summed E-state index contributed by atoms with van der Waals surface area (Å²) in [7, 11) is 3.59. The Balaban J connectivity index is 2.01. The number of benzene rings is 1. The zero-order valence-electron chi connectivity index (χ0n) is 11.9. The highest BCUT2D eigenvalue weighted by Crippen LogP contribution is 2.19. The quantitative estimate of drug-likeness (QED) is 0.821. The lowest BCUT2D eigenvalue weighted by atomic mass is 10.1. The van der Waals surface area contributed by atoms with Crippen LogP contribution in [0.25, 0.3) is 0 Å². The summed E-state index contributed by atoms with van der Waals surface area (Å²) in [5.41, 5.74) is 1.58. The van der Waals surface area contributed by atoms with E-state index in [1.54, 1.807) is 26.2 Å². The van der Waals surface area contributed by atoms with Crippen molar-refractivity contribution in [2.75, 3.05) is 25.7 Å². The lowest BCUT2D eigenvalue weighted by Crippen LogP contribution is -2.16. The smallest absolute Gasteiger partial charge is 0.205 e. The molecule has 0 unspecified atom stereocenters. The second-order valence-electron chi connectivity index (χ2n) is 4.68. The van der Waals surface area contributed by atoms with Crippen molar-refractivity contribution in [3.63, 3.8) is 0 Å². The number of hydrogen-bond acceptors (Lipinski definition) is 5. The number of aryl methyl sites for hydroxylation is 1. The van der Waals surface area contributed by atoms with Gasteiger partial charge in [-0.3, -0.25) is 0 Å². The molecule has 0 N–H and O–H groups in total. The highest BCUT2D eigenvalue weighted by Gasteiger charge is 2.10. The zero-order valence-corrected chi connectivity index (χ0v) is 12.7. The molecular formula is C14H18FN3OS. The fourth-order valence-electron chi connectivity index (χ4n) is 1.77. The second kappa shape index (κ2) is 6.76. The maximum atomic E-state index is 13.5. The Bertz CT molecular complexity index is 573. The van der Waals surface area contributed by atoms with E-state index in [1.165, 1.54) is 11.5 Å². The molecule has 1 heterocycles. The van der Waals surface area contributed by atoms with Crippen molar-refractivity contribution in [3.05, 3.63) is 41.0 Å².